The SMILES string of the molecule is COc1ccc(/C(C)=N/O)cc1OCc1ccccc1. The van der Waals surface area contributed by atoms with Crippen LogP contribution in [0.3, 0.4) is 0 Å². The van der Waals surface area contributed by atoms with E-state index in [1.807, 2.05) is 36.4 Å². The third-order valence-corrected chi connectivity index (χ3v) is 2.97. The number of benzene rings is 2. The van der Waals surface area contributed by atoms with Crippen LogP contribution >= 0.6 is 0 Å². The Morgan fingerprint density at radius 2 is 1.85 bits per heavy atom. The molecule has 1 N–H and O–H groups in total. The van der Waals surface area contributed by atoms with Crippen LogP contribution in [-0.2, 0) is 6.61 Å². The van der Waals surface area contributed by atoms with Crippen LogP contribution in [0.1, 0.15) is 18.1 Å². The van der Waals surface area contributed by atoms with E-state index in [2.05, 4.69) is 5.16 Å². The van der Waals surface area contributed by atoms with E-state index >= 15 is 0 Å². The van der Waals surface area contributed by atoms with Gasteiger partial charge < -0.3 is 14.7 Å². The molecule has 20 heavy (non-hydrogen) atoms. The fraction of sp³-hybridized carbons (Fsp3) is 0.188. The average Bonchev–Trinajstić information content (AvgIpc) is 2.52. The molecule has 0 atom stereocenters. The average molecular weight is 271 g/mol. The number of rotatable bonds is 5. The van der Waals surface area contributed by atoms with Gasteiger partial charge >= 0.3 is 0 Å². The molecular formula is C16H17NO3. The molecule has 0 fully saturated rings. The summed E-state index contributed by atoms with van der Waals surface area (Å²) in [6.45, 7) is 2.18. The second kappa shape index (κ2) is 6.61. The van der Waals surface area contributed by atoms with Crippen LogP contribution in [0.25, 0.3) is 0 Å². The number of nitrogens with zero attached hydrogens (tertiary/aromatic N) is 1. The Morgan fingerprint density at radius 3 is 2.50 bits per heavy atom. The number of ether oxygens (including phenoxy) is 2. The van der Waals surface area contributed by atoms with E-state index in [1.165, 1.54) is 0 Å². The van der Waals surface area contributed by atoms with Gasteiger partial charge in [0.2, 0.25) is 0 Å². The fourth-order valence-corrected chi connectivity index (χ4v) is 1.81. The lowest BCUT2D eigenvalue weighted by molar-refractivity contribution is 0.284. The highest BCUT2D eigenvalue weighted by molar-refractivity contribution is 5.98. The third kappa shape index (κ3) is 3.29. The van der Waals surface area contributed by atoms with Crippen LogP contribution in [0, 0.1) is 0 Å². The Hall–Kier alpha value is -2.49. The van der Waals surface area contributed by atoms with Gasteiger partial charge in [0.25, 0.3) is 0 Å². The van der Waals surface area contributed by atoms with Crippen molar-refractivity contribution >= 4 is 5.71 Å². The van der Waals surface area contributed by atoms with Crippen LogP contribution in [0.5, 0.6) is 11.5 Å². The molecule has 4 heteroatoms. The van der Waals surface area contributed by atoms with Gasteiger partial charge in [-0.1, -0.05) is 35.5 Å². The molecule has 104 valence electrons. The van der Waals surface area contributed by atoms with Crippen molar-refractivity contribution in [3.05, 3.63) is 59.7 Å². The van der Waals surface area contributed by atoms with Crippen LogP contribution in [0.4, 0.5) is 0 Å². The lowest BCUT2D eigenvalue weighted by atomic mass is 10.1. The van der Waals surface area contributed by atoms with Crippen LogP contribution < -0.4 is 9.47 Å². The van der Waals surface area contributed by atoms with Gasteiger partial charge in [0.15, 0.2) is 11.5 Å². The first-order valence-corrected chi connectivity index (χ1v) is 6.28. The first kappa shape index (κ1) is 13.9. The van der Waals surface area contributed by atoms with Crippen LogP contribution in [0.2, 0.25) is 0 Å². The maximum Gasteiger partial charge on any atom is 0.162 e. The molecule has 4 nitrogen and oxygen atoms in total. The van der Waals surface area contributed by atoms with E-state index in [1.54, 1.807) is 26.2 Å². The Bertz CT molecular complexity index is 594. The second-order valence-electron chi connectivity index (χ2n) is 4.33. The summed E-state index contributed by atoms with van der Waals surface area (Å²) in [6, 6.07) is 15.3. The Labute approximate surface area is 118 Å². The molecule has 0 aliphatic rings. The number of methoxy groups -OCH3 is 1. The van der Waals surface area contributed by atoms with Gasteiger partial charge in [-0.05, 0) is 30.7 Å². The highest BCUT2D eigenvalue weighted by Crippen LogP contribution is 2.29. The normalized spacial score (nSPS) is 11.2. The minimum atomic E-state index is 0.454. The van der Waals surface area contributed by atoms with Gasteiger partial charge in [0, 0.05) is 5.56 Å². The molecule has 0 bridgehead atoms. The third-order valence-electron chi connectivity index (χ3n) is 2.97. The minimum Gasteiger partial charge on any atom is -0.493 e. The van der Waals surface area contributed by atoms with Gasteiger partial charge in [0.1, 0.15) is 6.61 Å². The van der Waals surface area contributed by atoms with Crippen molar-refractivity contribution in [3.8, 4) is 11.5 Å². The predicted molar refractivity (Wildman–Crippen MR) is 77.8 cm³/mol. The molecule has 0 aliphatic heterocycles. The van der Waals surface area contributed by atoms with Gasteiger partial charge in [-0.25, -0.2) is 0 Å². The molecular weight excluding hydrogens is 254 g/mol. The topological polar surface area (TPSA) is 51.0 Å². The Balaban J connectivity index is 2.20. The van der Waals surface area contributed by atoms with Crippen LogP contribution in [-0.4, -0.2) is 18.0 Å². The van der Waals surface area contributed by atoms with Gasteiger partial charge in [-0.2, -0.15) is 0 Å². The van der Waals surface area contributed by atoms with E-state index in [-0.39, 0.29) is 0 Å². The summed E-state index contributed by atoms with van der Waals surface area (Å²) in [4.78, 5) is 0. The van der Waals surface area contributed by atoms with Gasteiger partial charge in [0.05, 0.1) is 12.8 Å². The van der Waals surface area contributed by atoms with Crippen LogP contribution in [0.15, 0.2) is 53.7 Å². The van der Waals surface area contributed by atoms with E-state index in [0.717, 1.165) is 11.1 Å². The number of oxime groups is 1. The van der Waals surface area contributed by atoms with E-state index in [0.29, 0.717) is 23.8 Å². The molecule has 0 spiro atoms. The molecule has 0 radical (unpaired) electrons. The summed E-state index contributed by atoms with van der Waals surface area (Å²) < 4.78 is 11.1. The number of hydrogen-bond donors (Lipinski definition) is 1. The highest BCUT2D eigenvalue weighted by Gasteiger charge is 2.08. The zero-order valence-electron chi connectivity index (χ0n) is 11.5. The summed E-state index contributed by atoms with van der Waals surface area (Å²) in [5, 5.41) is 12.0. The standard InChI is InChI=1S/C16H17NO3/c1-12(17-18)14-8-9-15(19-2)16(10-14)20-11-13-6-4-3-5-7-13/h3-10,18H,11H2,1-2H3/b17-12+. The van der Waals surface area contributed by atoms with E-state index < -0.39 is 0 Å². The summed E-state index contributed by atoms with van der Waals surface area (Å²) in [7, 11) is 1.59. The Kier molecular flexibility index (Phi) is 4.60. The zero-order valence-corrected chi connectivity index (χ0v) is 11.5. The van der Waals surface area contributed by atoms with Gasteiger partial charge in [-0.15, -0.1) is 0 Å². The summed E-state index contributed by atoms with van der Waals surface area (Å²) >= 11 is 0. The van der Waals surface area contributed by atoms with E-state index in [9.17, 15) is 0 Å². The van der Waals surface area contributed by atoms with Crippen molar-refractivity contribution in [2.75, 3.05) is 7.11 Å². The van der Waals surface area contributed by atoms with Crippen molar-refractivity contribution in [1.82, 2.24) is 0 Å². The minimum absolute atomic E-state index is 0.454. The maximum absolute atomic E-state index is 8.83. The largest absolute Gasteiger partial charge is 0.493 e. The molecule has 2 aromatic rings. The smallest absolute Gasteiger partial charge is 0.162 e. The van der Waals surface area contributed by atoms with E-state index in [4.69, 9.17) is 14.7 Å². The molecule has 0 saturated carbocycles. The summed E-state index contributed by atoms with van der Waals surface area (Å²) in [6.07, 6.45) is 0. The molecule has 0 heterocycles. The first-order chi connectivity index (χ1) is 9.74. The van der Waals surface area contributed by atoms with Gasteiger partial charge in [-0.3, -0.25) is 0 Å². The van der Waals surface area contributed by atoms with Crippen molar-refractivity contribution in [2.45, 2.75) is 13.5 Å². The first-order valence-electron chi connectivity index (χ1n) is 6.28. The molecule has 0 saturated heterocycles. The lowest BCUT2D eigenvalue weighted by Gasteiger charge is -2.12. The Morgan fingerprint density at radius 1 is 1.10 bits per heavy atom. The van der Waals surface area contributed by atoms with Crippen molar-refractivity contribution < 1.29 is 14.7 Å². The molecule has 2 rings (SSSR count). The lowest BCUT2D eigenvalue weighted by Crippen LogP contribution is -2.00. The predicted octanol–water partition coefficient (Wildman–Crippen LogP) is 3.47. The summed E-state index contributed by atoms with van der Waals surface area (Å²) in [5.74, 6) is 1.27. The molecule has 2 aromatic carbocycles. The quantitative estimate of drug-likeness (QED) is 0.514. The van der Waals surface area contributed by atoms with Crippen molar-refractivity contribution in [1.29, 1.82) is 0 Å². The summed E-state index contributed by atoms with van der Waals surface area (Å²) in [5.41, 5.74) is 2.39. The van der Waals surface area contributed by atoms with Crippen molar-refractivity contribution in [3.63, 3.8) is 0 Å². The number of hydrogen-bond acceptors (Lipinski definition) is 4. The second-order valence-corrected chi connectivity index (χ2v) is 4.33. The molecule has 0 amide bonds. The monoisotopic (exact) mass is 271 g/mol. The maximum atomic E-state index is 8.83. The zero-order chi connectivity index (χ0) is 14.4. The van der Waals surface area contributed by atoms with Crippen molar-refractivity contribution in [2.24, 2.45) is 5.16 Å². The fourth-order valence-electron chi connectivity index (χ4n) is 1.81. The molecule has 0 aromatic heterocycles. The molecule has 0 unspecified atom stereocenters. The highest BCUT2D eigenvalue weighted by atomic mass is 16.5. The molecule has 0 aliphatic carbocycles.